The Morgan fingerprint density at radius 3 is 2.56 bits per heavy atom. The van der Waals surface area contributed by atoms with E-state index < -0.39 is 0 Å². The minimum atomic E-state index is -0.336. The van der Waals surface area contributed by atoms with E-state index in [-0.39, 0.29) is 18.2 Å². The molecule has 27 heavy (non-hydrogen) atoms. The standard InChI is InChI=1S/C21H22N2O4/c1-13-9-10-17(14(2)11-13)22-21(24)20-16(15(3)27-23-20)12-26-19-8-6-5-7-18(19)25-4/h5-11H,12H2,1-4H3,(H,22,24). The molecule has 2 aromatic carbocycles. The Bertz CT molecular complexity index is 963. The van der Waals surface area contributed by atoms with Crippen LogP contribution in [0.1, 0.15) is 32.9 Å². The fraction of sp³-hybridized carbons (Fsp3) is 0.238. The molecule has 0 aliphatic rings. The van der Waals surface area contributed by atoms with Gasteiger partial charge < -0.3 is 19.3 Å². The number of hydrogen-bond donors (Lipinski definition) is 1. The Kier molecular flexibility index (Phi) is 5.45. The van der Waals surface area contributed by atoms with Crippen LogP contribution in [0.3, 0.4) is 0 Å². The zero-order valence-corrected chi connectivity index (χ0v) is 15.8. The van der Waals surface area contributed by atoms with E-state index in [9.17, 15) is 4.79 Å². The molecule has 140 valence electrons. The minimum Gasteiger partial charge on any atom is -0.493 e. The number of benzene rings is 2. The van der Waals surface area contributed by atoms with Crippen molar-refractivity contribution in [3.8, 4) is 11.5 Å². The number of rotatable bonds is 6. The van der Waals surface area contributed by atoms with Gasteiger partial charge in [0.15, 0.2) is 17.2 Å². The molecule has 0 spiro atoms. The van der Waals surface area contributed by atoms with Crippen LogP contribution in [-0.2, 0) is 6.61 Å². The number of para-hydroxylation sites is 2. The number of amides is 1. The van der Waals surface area contributed by atoms with E-state index in [0.29, 0.717) is 22.8 Å². The van der Waals surface area contributed by atoms with Crippen LogP contribution in [0, 0.1) is 20.8 Å². The molecule has 1 N–H and O–H groups in total. The monoisotopic (exact) mass is 366 g/mol. The first-order valence-corrected chi connectivity index (χ1v) is 8.59. The number of aryl methyl sites for hydroxylation is 3. The highest BCUT2D eigenvalue weighted by Crippen LogP contribution is 2.28. The summed E-state index contributed by atoms with van der Waals surface area (Å²) in [5, 5.41) is 6.80. The summed E-state index contributed by atoms with van der Waals surface area (Å²) in [6.45, 7) is 5.85. The number of anilines is 1. The van der Waals surface area contributed by atoms with Crippen molar-refractivity contribution < 1.29 is 18.8 Å². The maximum absolute atomic E-state index is 12.7. The van der Waals surface area contributed by atoms with Crippen molar-refractivity contribution in [2.24, 2.45) is 0 Å². The molecular weight excluding hydrogens is 344 g/mol. The molecule has 0 atom stereocenters. The van der Waals surface area contributed by atoms with Crippen LogP contribution in [0.25, 0.3) is 0 Å². The maximum Gasteiger partial charge on any atom is 0.278 e. The van der Waals surface area contributed by atoms with Gasteiger partial charge in [-0.05, 0) is 44.5 Å². The zero-order chi connectivity index (χ0) is 19.4. The van der Waals surface area contributed by atoms with E-state index in [1.165, 1.54) is 0 Å². The van der Waals surface area contributed by atoms with Crippen LogP contribution in [-0.4, -0.2) is 18.2 Å². The SMILES string of the molecule is COc1ccccc1OCc1c(C(=O)Nc2ccc(C)cc2C)noc1C. The van der Waals surface area contributed by atoms with Crippen molar-refractivity contribution in [3.63, 3.8) is 0 Å². The third kappa shape index (κ3) is 4.11. The van der Waals surface area contributed by atoms with Gasteiger partial charge in [0.1, 0.15) is 12.4 Å². The lowest BCUT2D eigenvalue weighted by Gasteiger charge is -2.11. The van der Waals surface area contributed by atoms with Crippen molar-refractivity contribution in [2.45, 2.75) is 27.4 Å². The van der Waals surface area contributed by atoms with Crippen LogP contribution in [0.2, 0.25) is 0 Å². The molecule has 0 fully saturated rings. The Labute approximate surface area is 158 Å². The number of hydrogen-bond acceptors (Lipinski definition) is 5. The fourth-order valence-electron chi connectivity index (χ4n) is 2.76. The Morgan fingerprint density at radius 1 is 1.11 bits per heavy atom. The third-order valence-corrected chi connectivity index (χ3v) is 4.27. The predicted molar refractivity (Wildman–Crippen MR) is 102 cm³/mol. The van der Waals surface area contributed by atoms with Crippen LogP contribution in [0.5, 0.6) is 11.5 Å². The van der Waals surface area contributed by atoms with Crippen molar-refractivity contribution in [1.29, 1.82) is 0 Å². The smallest absolute Gasteiger partial charge is 0.278 e. The molecule has 6 nitrogen and oxygen atoms in total. The van der Waals surface area contributed by atoms with E-state index in [2.05, 4.69) is 10.5 Å². The normalized spacial score (nSPS) is 10.5. The lowest BCUT2D eigenvalue weighted by Crippen LogP contribution is -2.16. The van der Waals surface area contributed by atoms with Crippen LogP contribution < -0.4 is 14.8 Å². The second-order valence-electron chi connectivity index (χ2n) is 6.28. The van der Waals surface area contributed by atoms with Gasteiger partial charge in [-0.3, -0.25) is 4.79 Å². The van der Waals surface area contributed by atoms with Gasteiger partial charge in [-0.25, -0.2) is 0 Å². The predicted octanol–water partition coefficient (Wildman–Crippen LogP) is 4.44. The molecule has 3 aromatic rings. The number of ether oxygens (including phenoxy) is 2. The Morgan fingerprint density at radius 2 is 1.85 bits per heavy atom. The Balaban J connectivity index is 1.78. The van der Waals surface area contributed by atoms with Crippen molar-refractivity contribution in [2.75, 3.05) is 12.4 Å². The van der Waals surface area contributed by atoms with Gasteiger partial charge in [-0.1, -0.05) is 35.0 Å². The number of aromatic nitrogens is 1. The average Bonchev–Trinajstić information content (AvgIpc) is 3.03. The van der Waals surface area contributed by atoms with E-state index in [1.54, 1.807) is 20.1 Å². The van der Waals surface area contributed by atoms with Crippen LogP contribution in [0.4, 0.5) is 5.69 Å². The molecule has 0 aliphatic carbocycles. The van der Waals surface area contributed by atoms with Gasteiger partial charge in [0.2, 0.25) is 0 Å². The lowest BCUT2D eigenvalue weighted by molar-refractivity contribution is 0.101. The first-order chi connectivity index (χ1) is 13.0. The van der Waals surface area contributed by atoms with Gasteiger partial charge >= 0.3 is 0 Å². The summed E-state index contributed by atoms with van der Waals surface area (Å²) in [7, 11) is 1.58. The summed E-state index contributed by atoms with van der Waals surface area (Å²) in [5.41, 5.74) is 3.66. The molecule has 0 unspecified atom stereocenters. The van der Waals surface area contributed by atoms with Crippen molar-refractivity contribution >= 4 is 11.6 Å². The van der Waals surface area contributed by atoms with Gasteiger partial charge in [0, 0.05) is 5.69 Å². The van der Waals surface area contributed by atoms with E-state index in [1.807, 2.05) is 50.2 Å². The largest absolute Gasteiger partial charge is 0.493 e. The summed E-state index contributed by atoms with van der Waals surface area (Å²) >= 11 is 0. The second-order valence-corrected chi connectivity index (χ2v) is 6.28. The van der Waals surface area contributed by atoms with Gasteiger partial charge in [-0.15, -0.1) is 0 Å². The van der Waals surface area contributed by atoms with Gasteiger partial charge in [0.05, 0.1) is 12.7 Å². The van der Waals surface area contributed by atoms with E-state index in [0.717, 1.165) is 16.8 Å². The van der Waals surface area contributed by atoms with E-state index in [4.69, 9.17) is 14.0 Å². The molecule has 1 aromatic heterocycles. The third-order valence-electron chi connectivity index (χ3n) is 4.27. The topological polar surface area (TPSA) is 73.6 Å². The number of nitrogens with zero attached hydrogens (tertiary/aromatic N) is 1. The average molecular weight is 366 g/mol. The molecule has 0 saturated heterocycles. The number of nitrogens with one attached hydrogen (secondary N) is 1. The zero-order valence-electron chi connectivity index (χ0n) is 15.8. The summed E-state index contributed by atoms with van der Waals surface area (Å²) < 4.78 is 16.3. The lowest BCUT2D eigenvalue weighted by atomic mass is 10.1. The number of carbonyl (C=O) groups excluding carboxylic acids is 1. The fourth-order valence-corrected chi connectivity index (χ4v) is 2.76. The molecule has 1 heterocycles. The molecule has 0 radical (unpaired) electrons. The summed E-state index contributed by atoms with van der Waals surface area (Å²) in [6, 6.07) is 13.2. The molecule has 6 heteroatoms. The molecule has 1 amide bonds. The highest BCUT2D eigenvalue weighted by Gasteiger charge is 2.21. The summed E-state index contributed by atoms with van der Waals surface area (Å²) in [4.78, 5) is 12.7. The van der Waals surface area contributed by atoms with Crippen LogP contribution >= 0.6 is 0 Å². The molecule has 0 saturated carbocycles. The minimum absolute atomic E-state index is 0.144. The highest BCUT2D eigenvalue weighted by atomic mass is 16.5. The van der Waals surface area contributed by atoms with Gasteiger partial charge in [-0.2, -0.15) is 0 Å². The number of carbonyl (C=O) groups is 1. The quantitative estimate of drug-likeness (QED) is 0.698. The molecule has 3 rings (SSSR count). The van der Waals surface area contributed by atoms with Crippen LogP contribution in [0.15, 0.2) is 47.0 Å². The summed E-state index contributed by atoms with van der Waals surface area (Å²) in [5.74, 6) is 1.40. The highest BCUT2D eigenvalue weighted by molar-refractivity contribution is 6.04. The molecule has 0 bridgehead atoms. The molecule has 0 aliphatic heterocycles. The maximum atomic E-state index is 12.7. The Hall–Kier alpha value is -3.28. The second kappa shape index (κ2) is 7.95. The van der Waals surface area contributed by atoms with Crippen molar-refractivity contribution in [3.05, 3.63) is 70.6 Å². The first kappa shape index (κ1) is 18.5. The van der Waals surface area contributed by atoms with Crippen molar-refractivity contribution in [1.82, 2.24) is 5.16 Å². The van der Waals surface area contributed by atoms with Gasteiger partial charge in [0.25, 0.3) is 5.91 Å². The summed E-state index contributed by atoms with van der Waals surface area (Å²) in [6.07, 6.45) is 0. The first-order valence-electron chi connectivity index (χ1n) is 8.59. The van der Waals surface area contributed by atoms with E-state index >= 15 is 0 Å². The molecular formula is C21H22N2O4. The number of methoxy groups -OCH3 is 1.